The van der Waals surface area contributed by atoms with Crippen molar-refractivity contribution >= 4 is 38.6 Å². The van der Waals surface area contributed by atoms with Gasteiger partial charge in [-0.3, -0.25) is 4.79 Å². The Balaban J connectivity index is 1.46. The first kappa shape index (κ1) is 23.1. The van der Waals surface area contributed by atoms with Crippen LogP contribution >= 0.6 is 15.9 Å². The lowest BCUT2D eigenvalue weighted by Gasteiger charge is -2.25. The van der Waals surface area contributed by atoms with Crippen molar-refractivity contribution in [1.29, 1.82) is 0 Å². The van der Waals surface area contributed by atoms with E-state index in [0.29, 0.717) is 23.2 Å². The SMILES string of the molecule is CCC(C)c1ccc2oc(-c3ccc(NC(=O)C(C)(C)Oc4ccc(Br)cc4)cc3)nc2c1. The maximum atomic E-state index is 12.8. The van der Waals surface area contributed by atoms with Crippen LogP contribution in [0.1, 0.15) is 45.6 Å². The maximum absolute atomic E-state index is 12.8. The van der Waals surface area contributed by atoms with Crippen molar-refractivity contribution in [3.63, 3.8) is 0 Å². The molecule has 1 N–H and O–H groups in total. The van der Waals surface area contributed by atoms with Crippen LogP contribution < -0.4 is 10.1 Å². The van der Waals surface area contributed by atoms with E-state index < -0.39 is 5.60 Å². The van der Waals surface area contributed by atoms with E-state index in [-0.39, 0.29) is 5.91 Å². The van der Waals surface area contributed by atoms with Gasteiger partial charge in [-0.2, -0.15) is 0 Å². The topological polar surface area (TPSA) is 64.4 Å². The Labute approximate surface area is 202 Å². The van der Waals surface area contributed by atoms with Gasteiger partial charge in [-0.05, 0) is 92.4 Å². The summed E-state index contributed by atoms with van der Waals surface area (Å²) >= 11 is 3.40. The second-order valence-electron chi connectivity index (χ2n) is 8.65. The van der Waals surface area contributed by atoms with Gasteiger partial charge in [0.1, 0.15) is 11.3 Å². The summed E-state index contributed by atoms with van der Waals surface area (Å²) in [5.74, 6) is 1.43. The molecule has 3 aromatic carbocycles. The number of benzene rings is 3. The number of aromatic nitrogens is 1. The fraction of sp³-hybridized carbons (Fsp3) is 0.259. The fourth-order valence-electron chi connectivity index (χ4n) is 3.43. The molecule has 0 aliphatic rings. The molecule has 0 saturated heterocycles. The van der Waals surface area contributed by atoms with E-state index in [1.54, 1.807) is 13.8 Å². The molecule has 4 aromatic rings. The van der Waals surface area contributed by atoms with Crippen LogP contribution in [0.2, 0.25) is 0 Å². The van der Waals surface area contributed by atoms with E-state index in [1.165, 1.54) is 5.56 Å². The summed E-state index contributed by atoms with van der Waals surface area (Å²) in [5, 5.41) is 2.92. The molecule has 1 atom stereocenters. The first-order chi connectivity index (χ1) is 15.7. The molecule has 0 aliphatic carbocycles. The van der Waals surface area contributed by atoms with Crippen LogP contribution in [0.5, 0.6) is 5.75 Å². The summed E-state index contributed by atoms with van der Waals surface area (Å²) in [7, 11) is 0. The summed E-state index contributed by atoms with van der Waals surface area (Å²) in [4.78, 5) is 17.5. The molecule has 33 heavy (non-hydrogen) atoms. The summed E-state index contributed by atoms with van der Waals surface area (Å²) in [6.07, 6.45) is 1.08. The minimum absolute atomic E-state index is 0.238. The number of hydrogen-bond donors (Lipinski definition) is 1. The number of rotatable bonds is 7. The predicted molar refractivity (Wildman–Crippen MR) is 136 cm³/mol. The molecule has 1 aromatic heterocycles. The van der Waals surface area contributed by atoms with Gasteiger partial charge in [0.2, 0.25) is 5.89 Å². The average Bonchev–Trinajstić information content (AvgIpc) is 3.23. The lowest BCUT2D eigenvalue weighted by molar-refractivity contribution is -0.128. The van der Waals surface area contributed by atoms with E-state index >= 15 is 0 Å². The highest BCUT2D eigenvalue weighted by molar-refractivity contribution is 9.10. The number of fused-ring (bicyclic) bond motifs is 1. The second kappa shape index (κ2) is 9.40. The molecule has 1 amide bonds. The van der Waals surface area contributed by atoms with E-state index in [9.17, 15) is 4.79 Å². The van der Waals surface area contributed by atoms with Crippen LogP contribution in [-0.4, -0.2) is 16.5 Å². The molecule has 5 nitrogen and oxygen atoms in total. The third-order valence-corrected chi connectivity index (χ3v) is 6.24. The fourth-order valence-corrected chi connectivity index (χ4v) is 3.70. The molecule has 0 saturated carbocycles. The number of hydrogen-bond acceptors (Lipinski definition) is 4. The van der Waals surface area contributed by atoms with Gasteiger partial charge in [0, 0.05) is 15.7 Å². The summed E-state index contributed by atoms with van der Waals surface area (Å²) < 4.78 is 12.8. The van der Waals surface area contributed by atoms with Crippen molar-refractivity contribution in [3.05, 3.63) is 76.8 Å². The average molecular weight is 507 g/mol. The zero-order valence-electron chi connectivity index (χ0n) is 19.2. The highest BCUT2D eigenvalue weighted by atomic mass is 79.9. The molecular formula is C27H27BrN2O3. The number of anilines is 1. The Morgan fingerprint density at radius 1 is 1.09 bits per heavy atom. The van der Waals surface area contributed by atoms with Gasteiger partial charge < -0.3 is 14.5 Å². The third-order valence-electron chi connectivity index (χ3n) is 5.72. The van der Waals surface area contributed by atoms with Crippen LogP contribution in [0.4, 0.5) is 5.69 Å². The number of nitrogens with zero attached hydrogens (tertiary/aromatic N) is 1. The number of nitrogens with one attached hydrogen (secondary N) is 1. The minimum atomic E-state index is -1.04. The van der Waals surface area contributed by atoms with Crippen molar-refractivity contribution in [2.24, 2.45) is 0 Å². The van der Waals surface area contributed by atoms with Gasteiger partial charge >= 0.3 is 0 Å². The van der Waals surface area contributed by atoms with Crippen LogP contribution in [-0.2, 0) is 4.79 Å². The summed E-state index contributed by atoms with van der Waals surface area (Å²) in [6.45, 7) is 7.87. The molecule has 170 valence electrons. The van der Waals surface area contributed by atoms with Crippen molar-refractivity contribution in [2.45, 2.75) is 45.6 Å². The molecular weight excluding hydrogens is 480 g/mol. The molecule has 1 heterocycles. The number of ether oxygens (including phenoxy) is 1. The van der Waals surface area contributed by atoms with Crippen LogP contribution in [0.15, 0.2) is 75.6 Å². The first-order valence-corrected chi connectivity index (χ1v) is 11.8. The highest BCUT2D eigenvalue weighted by Gasteiger charge is 2.30. The Morgan fingerprint density at radius 3 is 2.45 bits per heavy atom. The number of carbonyl (C=O) groups excluding carboxylic acids is 1. The van der Waals surface area contributed by atoms with E-state index in [1.807, 2.05) is 54.6 Å². The predicted octanol–water partition coefficient (Wildman–Crippen LogP) is 7.57. The molecule has 0 aliphatic heterocycles. The van der Waals surface area contributed by atoms with Crippen molar-refractivity contribution in [1.82, 2.24) is 4.98 Å². The Morgan fingerprint density at radius 2 is 1.79 bits per heavy atom. The molecule has 6 heteroatoms. The van der Waals surface area contributed by atoms with Gasteiger partial charge in [0.25, 0.3) is 5.91 Å². The van der Waals surface area contributed by atoms with Crippen molar-refractivity contribution < 1.29 is 13.9 Å². The smallest absolute Gasteiger partial charge is 0.267 e. The lowest BCUT2D eigenvalue weighted by Crippen LogP contribution is -2.42. The quantitative estimate of drug-likeness (QED) is 0.280. The number of halogens is 1. The molecule has 0 bridgehead atoms. The first-order valence-electron chi connectivity index (χ1n) is 11.0. The molecule has 0 radical (unpaired) electrons. The van der Waals surface area contributed by atoms with E-state index in [2.05, 4.69) is 52.2 Å². The van der Waals surface area contributed by atoms with Crippen LogP contribution in [0.3, 0.4) is 0 Å². The number of amides is 1. The molecule has 1 unspecified atom stereocenters. The zero-order chi connectivity index (χ0) is 23.6. The lowest BCUT2D eigenvalue weighted by atomic mass is 9.98. The minimum Gasteiger partial charge on any atom is -0.478 e. The normalized spacial score (nSPS) is 12.5. The van der Waals surface area contributed by atoms with Crippen molar-refractivity contribution in [2.75, 3.05) is 5.32 Å². The zero-order valence-corrected chi connectivity index (χ0v) is 20.8. The largest absolute Gasteiger partial charge is 0.478 e. The van der Waals surface area contributed by atoms with Gasteiger partial charge in [0.15, 0.2) is 11.2 Å². The summed E-state index contributed by atoms with van der Waals surface area (Å²) in [6, 6.07) is 21.0. The summed E-state index contributed by atoms with van der Waals surface area (Å²) in [5.41, 5.74) is 3.36. The molecule has 0 fully saturated rings. The van der Waals surface area contributed by atoms with Crippen molar-refractivity contribution in [3.8, 4) is 17.2 Å². The Bertz CT molecular complexity index is 1260. The monoisotopic (exact) mass is 506 g/mol. The maximum Gasteiger partial charge on any atom is 0.267 e. The van der Waals surface area contributed by atoms with Gasteiger partial charge in [-0.1, -0.05) is 35.8 Å². The van der Waals surface area contributed by atoms with Crippen LogP contribution in [0, 0.1) is 0 Å². The highest BCUT2D eigenvalue weighted by Crippen LogP contribution is 2.29. The van der Waals surface area contributed by atoms with Gasteiger partial charge in [-0.15, -0.1) is 0 Å². The van der Waals surface area contributed by atoms with E-state index in [4.69, 9.17) is 9.15 Å². The van der Waals surface area contributed by atoms with Gasteiger partial charge in [-0.25, -0.2) is 4.98 Å². The standard InChI is InChI=1S/C27H27BrN2O3/c1-5-17(2)19-8-15-24-23(16-19)30-25(32-24)18-6-11-21(12-7-18)29-26(31)27(3,4)33-22-13-9-20(28)10-14-22/h6-17H,5H2,1-4H3,(H,29,31). The number of carbonyl (C=O) groups is 1. The van der Waals surface area contributed by atoms with Crippen LogP contribution in [0.25, 0.3) is 22.6 Å². The second-order valence-corrected chi connectivity index (χ2v) is 9.57. The molecule has 0 spiro atoms. The Kier molecular flexibility index (Phi) is 6.56. The Hall–Kier alpha value is -3.12. The van der Waals surface area contributed by atoms with Gasteiger partial charge in [0.05, 0.1) is 0 Å². The van der Waals surface area contributed by atoms with E-state index in [0.717, 1.165) is 27.6 Å². The third kappa shape index (κ3) is 5.28. The molecule has 4 rings (SSSR count). The number of oxazole rings is 1.